The molecule has 0 radical (unpaired) electrons. The number of Topliss-reactive ketones (excluding diaryl/α,β-unsaturated/α-hetero) is 1. The van der Waals surface area contributed by atoms with Crippen LogP contribution in [0.4, 0.5) is 0 Å². The van der Waals surface area contributed by atoms with E-state index in [1.54, 1.807) is 0 Å². The van der Waals surface area contributed by atoms with Gasteiger partial charge in [-0.05, 0) is 6.08 Å². The molecule has 0 saturated carbocycles. The van der Waals surface area contributed by atoms with Gasteiger partial charge in [0.05, 0.1) is 18.9 Å². The number of hydrogen-bond donors (Lipinski definition) is 1. The Morgan fingerprint density at radius 2 is 2.17 bits per heavy atom. The average molecular weight is 319 g/mol. The molecule has 126 valence electrons. The van der Waals surface area contributed by atoms with Gasteiger partial charge in [0.25, 0.3) is 0 Å². The molecule has 1 fully saturated rings. The highest BCUT2D eigenvalue weighted by Gasteiger charge is 2.27. The van der Waals surface area contributed by atoms with Gasteiger partial charge in [0.1, 0.15) is 12.4 Å². The Balaban J connectivity index is 1.59. The number of nitrogens with zero attached hydrogens (tertiary/aromatic N) is 2. The zero-order valence-corrected chi connectivity index (χ0v) is 13.9. The largest absolute Gasteiger partial charge is 0.492 e. The lowest BCUT2D eigenvalue weighted by Gasteiger charge is -2.27. The highest BCUT2D eigenvalue weighted by molar-refractivity contribution is 5.98. The number of carbonyl (C=O) groups is 1. The number of carbonyl (C=O) groups excluding carboxylic acids is 1. The van der Waals surface area contributed by atoms with E-state index in [0.29, 0.717) is 13.2 Å². The van der Waals surface area contributed by atoms with Crippen molar-refractivity contribution in [3.8, 4) is 0 Å². The summed E-state index contributed by atoms with van der Waals surface area (Å²) in [7, 11) is 0. The number of nitrogens with one attached hydrogen (secondary N) is 1. The van der Waals surface area contributed by atoms with E-state index in [-0.39, 0.29) is 11.7 Å². The topological polar surface area (TPSA) is 54.0 Å². The Kier molecular flexibility index (Phi) is 5.15. The van der Waals surface area contributed by atoms with Gasteiger partial charge in [-0.25, -0.2) is 5.43 Å². The predicted molar refractivity (Wildman–Crippen MR) is 87.1 cm³/mol. The Morgan fingerprint density at radius 3 is 2.91 bits per heavy atom. The van der Waals surface area contributed by atoms with Crippen LogP contribution in [0.15, 0.2) is 35.4 Å². The van der Waals surface area contributed by atoms with Crippen LogP contribution in [0.25, 0.3) is 0 Å². The zero-order valence-electron chi connectivity index (χ0n) is 13.9. The predicted octanol–water partition coefficient (Wildman–Crippen LogP) is 1.05. The SMILES string of the molecule is CC(C)C(=O)C1=C2C=C(OCCN3CCOCC3)C=CN2NC1. The molecule has 23 heavy (non-hydrogen) atoms. The minimum Gasteiger partial charge on any atom is -0.492 e. The van der Waals surface area contributed by atoms with E-state index < -0.39 is 0 Å². The van der Waals surface area contributed by atoms with E-state index in [1.165, 1.54) is 0 Å². The highest BCUT2D eigenvalue weighted by Crippen LogP contribution is 2.25. The first-order valence-corrected chi connectivity index (χ1v) is 8.28. The van der Waals surface area contributed by atoms with Crippen molar-refractivity contribution in [3.63, 3.8) is 0 Å². The molecule has 3 heterocycles. The van der Waals surface area contributed by atoms with Crippen molar-refractivity contribution in [1.82, 2.24) is 15.3 Å². The van der Waals surface area contributed by atoms with Crippen LogP contribution in [0.2, 0.25) is 0 Å². The summed E-state index contributed by atoms with van der Waals surface area (Å²) in [6.45, 7) is 9.52. The van der Waals surface area contributed by atoms with Crippen LogP contribution in [0.5, 0.6) is 0 Å². The van der Waals surface area contributed by atoms with Crippen LogP contribution in [0.1, 0.15) is 13.8 Å². The molecule has 0 unspecified atom stereocenters. The lowest BCUT2D eigenvalue weighted by atomic mass is 9.99. The molecule has 0 bridgehead atoms. The van der Waals surface area contributed by atoms with Crippen molar-refractivity contribution in [2.45, 2.75) is 13.8 Å². The quantitative estimate of drug-likeness (QED) is 0.790. The van der Waals surface area contributed by atoms with E-state index in [1.807, 2.05) is 37.2 Å². The van der Waals surface area contributed by atoms with Gasteiger partial charge in [-0.3, -0.25) is 14.7 Å². The first-order valence-electron chi connectivity index (χ1n) is 8.28. The second-order valence-electron chi connectivity index (χ2n) is 6.25. The molecule has 0 aromatic rings. The van der Waals surface area contributed by atoms with Gasteiger partial charge in [0.2, 0.25) is 0 Å². The number of fused-ring (bicyclic) bond motifs is 1. The van der Waals surface area contributed by atoms with E-state index in [4.69, 9.17) is 9.47 Å². The number of ether oxygens (including phenoxy) is 2. The van der Waals surface area contributed by atoms with Gasteiger partial charge in [-0.1, -0.05) is 13.8 Å². The molecule has 1 saturated heterocycles. The van der Waals surface area contributed by atoms with Crippen LogP contribution < -0.4 is 5.43 Å². The number of rotatable bonds is 6. The fraction of sp³-hybridized carbons (Fsp3) is 0.588. The molecule has 0 aliphatic carbocycles. The third kappa shape index (κ3) is 3.83. The molecule has 1 N–H and O–H groups in total. The molecule has 6 heteroatoms. The molecule has 3 aliphatic rings. The standard InChI is InChI=1S/C17H25N3O3/c1-13(2)17(21)15-12-18-20-4-3-14(11-16(15)20)23-10-7-19-5-8-22-9-6-19/h3-4,11,13,18H,5-10,12H2,1-2H3. The highest BCUT2D eigenvalue weighted by atomic mass is 16.5. The number of morpholine rings is 1. The molecule has 0 spiro atoms. The van der Waals surface area contributed by atoms with E-state index in [9.17, 15) is 4.79 Å². The fourth-order valence-corrected chi connectivity index (χ4v) is 2.87. The zero-order chi connectivity index (χ0) is 16.2. The molecule has 6 nitrogen and oxygen atoms in total. The first kappa shape index (κ1) is 16.2. The maximum atomic E-state index is 12.3. The smallest absolute Gasteiger partial charge is 0.164 e. The molecule has 0 aromatic carbocycles. The molecule has 0 atom stereocenters. The number of hydrazine groups is 1. The normalized spacial score (nSPS) is 21.7. The minimum absolute atomic E-state index is 0.00393. The van der Waals surface area contributed by atoms with E-state index >= 15 is 0 Å². The van der Waals surface area contributed by atoms with Crippen molar-refractivity contribution in [3.05, 3.63) is 35.4 Å². The summed E-state index contributed by atoms with van der Waals surface area (Å²) in [5, 5.41) is 1.89. The second-order valence-corrected chi connectivity index (χ2v) is 6.25. The molecule has 0 aromatic heterocycles. The molecular formula is C17H25N3O3. The van der Waals surface area contributed by atoms with Crippen molar-refractivity contribution < 1.29 is 14.3 Å². The summed E-state index contributed by atoms with van der Waals surface area (Å²) in [6, 6.07) is 0. The van der Waals surface area contributed by atoms with Gasteiger partial charge >= 0.3 is 0 Å². The third-order valence-electron chi connectivity index (χ3n) is 4.26. The van der Waals surface area contributed by atoms with Crippen molar-refractivity contribution in [2.75, 3.05) is 46.0 Å². The van der Waals surface area contributed by atoms with Gasteiger partial charge in [-0.2, -0.15) is 0 Å². The van der Waals surface area contributed by atoms with Crippen LogP contribution in [0, 0.1) is 5.92 Å². The van der Waals surface area contributed by atoms with E-state index in [0.717, 1.165) is 49.9 Å². The van der Waals surface area contributed by atoms with Crippen molar-refractivity contribution in [2.24, 2.45) is 5.92 Å². The maximum absolute atomic E-state index is 12.3. The van der Waals surface area contributed by atoms with Gasteiger partial charge < -0.3 is 9.47 Å². The molecule has 3 rings (SSSR count). The van der Waals surface area contributed by atoms with Gasteiger partial charge in [-0.15, -0.1) is 0 Å². The van der Waals surface area contributed by atoms with Crippen molar-refractivity contribution in [1.29, 1.82) is 0 Å². The van der Waals surface area contributed by atoms with Crippen LogP contribution in [0.3, 0.4) is 0 Å². The Hall–Kier alpha value is -1.63. The summed E-state index contributed by atoms with van der Waals surface area (Å²) >= 11 is 0. The summed E-state index contributed by atoms with van der Waals surface area (Å²) < 4.78 is 11.2. The minimum atomic E-state index is 0.00393. The summed E-state index contributed by atoms with van der Waals surface area (Å²) in [5.41, 5.74) is 4.94. The lowest BCUT2D eigenvalue weighted by molar-refractivity contribution is -0.118. The van der Waals surface area contributed by atoms with E-state index in [2.05, 4.69) is 10.3 Å². The second kappa shape index (κ2) is 7.29. The van der Waals surface area contributed by atoms with Crippen LogP contribution >= 0.6 is 0 Å². The van der Waals surface area contributed by atoms with Crippen molar-refractivity contribution >= 4 is 5.78 Å². The average Bonchev–Trinajstić information content (AvgIpc) is 2.98. The number of hydrogen-bond acceptors (Lipinski definition) is 6. The lowest BCUT2D eigenvalue weighted by Crippen LogP contribution is -2.38. The Morgan fingerprint density at radius 1 is 1.39 bits per heavy atom. The van der Waals surface area contributed by atoms with Crippen LogP contribution in [-0.2, 0) is 14.3 Å². The Labute approximate surface area is 137 Å². The Bertz CT molecular complexity index is 545. The molecular weight excluding hydrogens is 294 g/mol. The van der Waals surface area contributed by atoms with Crippen LogP contribution in [-0.4, -0.2) is 61.7 Å². The monoisotopic (exact) mass is 319 g/mol. The van der Waals surface area contributed by atoms with Gasteiger partial charge in [0.15, 0.2) is 5.78 Å². The van der Waals surface area contributed by atoms with Gasteiger partial charge in [0, 0.05) is 49.9 Å². The maximum Gasteiger partial charge on any atom is 0.164 e. The summed E-state index contributed by atoms with van der Waals surface area (Å²) in [5.74, 6) is 1.00. The fourth-order valence-electron chi connectivity index (χ4n) is 2.87. The molecule has 0 amide bonds. The summed E-state index contributed by atoms with van der Waals surface area (Å²) in [4.78, 5) is 14.6. The summed E-state index contributed by atoms with van der Waals surface area (Å²) in [6.07, 6.45) is 5.80. The third-order valence-corrected chi connectivity index (χ3v) is 4.26. The number of allylic oxidation sites excluding steroid dienone is 2. The first-order chi connectivity index (χ1) is 11.1. The number of ketones is 1. The molecule has 3 aliphatic heterocycles.